The van der Waals surface area contributed by atoms with Crippen molar-refractivity contribution in [2.24, 2.45) is 0 Å². The van der Waals surface area contributed by atoms with Crippen molar-refractivity contribution >= 4 is 17.3 Å². The lowest BCUT2D eigenvalue weighted by Crippen LogP contribution is -2.15. The Morgan fingerprint density at radius 2 is 2.00 bits per heavy atom. The van der Waals surface area contributed by atoms with Crippen molar-refractivity contribution in [3.8, 4) is 17.4 Å². The molecule has 2 N–H and O–H groups in total. The van der Waals surface area contributed by atoms with Crippen molar-refractivity contribution in [3.63, 3.8) is 0 Å². The van der Waals surface area contributed by atoms with Gasteiger partial charge in [-0.2, -0.15) is 0 Å². The summed E-state index contributed by atoms with van der Waals surface area (Å²) in [6, 6.07) is 9.49. The fraction of sp³-hybridized carbons (Fsp3) is 0.250. The molecule has 0 unspecified atom stereocenters. The number of anilines is 3. The van der Waals surface area contributed by atoms with Crippen LogP contribution in [0, 0.1) is 0 Å². The Kier molecular flexibility index (Phi) is 3.43. The van der Waals surface area contributed by atoms with E-state index in [1.807, 2.05) is 25.2 Å². The molecule has 0 amide bonds. The molecule has 1 saturated carbocycles. The van der Waals surface area contributed by atoms with Gasteiger partial charge < -0.3 is 20.1 Å². The van der Waals surface area contributed by atoms with Gasteiger partial charge in [-0.3, -0.25) is 0 Å². The molecule has 27 heavy (non-hydrogen) atoms. The molecule has 2 aliphatic rings. The molecule has 0 atom stereocenters. The topological polar surface area (TPSA) is 86.4 Å². The van der Waals surface area contributed by atoms with E-state index in [4.69, 9.17) is 15.2 Å². The number of benzene rings is 1. The van der Waals surface area contributed by atoms with Crippen LogP contribution in [0.2, 0.25) is 0 Å². The van der Waals surface area contributed by atoms with Crippen LogP contribution in [0.4, 0.5) is 17.3 Å². The van der Waals surface area contributed by atoms with E-state index in [1.165, 1.54) is 0 Å². The number of rotatable bonds is 4. The van der Waals surface area contributed by atoms with Gasteiger partial charge in [-0.25, -0.2) is 15.0 Å². The Bertz CT molecular complexity index is 1000. The lowest BCUT2D eigenvalue weighted by atomic mass is 9.97. The number of hydrogen-bond donors (Lipinski definition) is 1. The van der Waals surface area contributed by atoms with Crippen LogP contribution in [0.3, 0.4) is 0 Å². The number of hydrogen-bond acceptors (Lipinski definition) is 7. The molecule has 0 bridgehead atoms. The zero-order valence-electron chi connectivity index (χ0n) is 14.9. The van der Waals surface area contributed by atoms with Crippen molar-refractivity contribution in [3.05, 3.63) is 54.5 Å². The molecule has 0 saturated heterocycles. The summed E-state index contributed by atoms with van der Waals surface area (Å²) in [5.41, 5.74) is 7.86. The average molecular weight is 361 g/mol. The summed E-state index contributed by atoms with van der Waals surface area (Å²) in [5.74, 6) is 3.42. The minimum absolute atomic E-state index is 0.135. The minimum Gasteiger partial charge on any atom is -0.492 e. The van der Waals surface area contributed by atoms with Crippen LogP contribution in [0.1, 0.15) is 18.4 Å². The number of nitrogens with zero attached hydrogens (tertiary/aromatic N) is 4. The molecular weight excluding hydrogens is 342 g/mol. The van der Waals surface area contributed by atoms with Gasteiger partial charge in [-0.1, -0.05) is 6.07 Å². The second-order valence-electron chi connectivity index (χ2n) is 6.99. The molecule has 3 heterocycles. The number of fused-ring (bicyclic) bond motifs is 2. The highest BCUT2D eigenvalue weighted by Crippen LogP contribution is 2.58. The van der Waals surface area contributed by atoms with E-state index in [0.717, 1.165) is 36.5 Å². The SMILES string of the molecule is CN(c1cnc(Oc2cccc3c2C2(CC2)CO3)cn1)c1ncccc1N. The Morgan fingerprint density at radius 1 is 1.11 bits per heavy atom. The van der Waals surface area contributed by atoms with Crippen molar-refractivity contribution < 1.29 is 9.47 Å². The largest absolute Gasteiger partial charge is 0.492 e. The molecular formula is C20H19N5O2. The fourth-order valence-electron chi connectivity index (χ4n) is 3.52. The molecule has 1 spiro atoms. The van der Waals surface area contributed by atoms with E-state index >= 15 is 0 Å². The predicted octanol–water partition coefficient (Wildman–Crippen LogP) is 3.44. The molecule has 3 aromatic rings. The highest BCUT2D eigenvalue weighted by atomic mass is 16.5. The standard InChI is InChI=1S/C20H19N5O2/c1-25(19-13(21)4-3-9-22-19)16-10-24-17(11-23-16)27-15-6-2-5-14-18(15)20(7-8-20)12-26-14/h2-6,9-11H,7-8,12,21H2,1H3. The lowest BCUT2D eigenvalue weighted by molar-refractivity contribution is 0.323. The molecule has 1 aliphatic carbocycles. The number of nitrogens with two attached hydrogens (primary N) is 1. The number of nitrogen functional groups attached to an aromatic ring is 1. The Balaban J connectivity index is 1.40. The van der Waals surface area contributed by atoms with Crippen molar-refractivity contribution in [1.29, 1.82) is 0 Å². The summed E-state index contributed by atoms with van der Waals surface area (Å²) in [5, 5.41) is 0. The van der Waals surface area contributed by atoms with Crippen molar-refractivity contribution in [2.45, 2.75) is 18.3 Å². The van der Waals surface area contributed by atoms with E-state index in [0.29, 0.717) is 23.2 Å². The molecule has 1 aromatic carbocycles. The van der Waals surface area contributed by atoms with Gasteiger partial charge in [0, 0.05) is 24.2 Å². The van der Waals surface area contributed by atoms with Gasteiger partial charge in [0.05, 0.1) is 24.7 Å². The van der Waals surface area contributed by atoms with E-state index in [9.17, 15) is 0 Å². The molecule has 1 fully saturated rings. The Hall–Kier alpha value is -3.35. The maximum atomic E-state index is 6.05. The van der Waals surface area contributed by atoms with Crippen LogP contribution in [-0.4, -0.2) is 28.6 Å². The van der Waals surface area contributed by atoms with E-state index in [1.54, 1.807) is 35.6 Å². The number of pyridine rings is 1. The summed E-state index contributed by atoms with van der Waals surface area (Å²) in [4.78, 5) is 14.9. The maximum absolute atomic E-state index is 6.05. The van der Waals surface area contributed by atoms with Crippen LogP contribution in [-0.2, 0) is 5.41 Å². The molecule has 7 nitrogen and oxygen atoms in total. The summed E-state index contributed by atoms with van der Waals surface area (Å²) >= 11 is 0. The zero-order chi connectivity index (χ0) is 18.4. The van der Waals surface area contributed by atoms with Crippen LogP contribution >= 0.6 is 0 Å². The van der Waals surface area contributed by atoms with Crippen LogP contribution in [0.25, 0.3) is 0 Å². The van der Waals surface area contributed by atoms with E-state index in [2.05, 4.69) is 15.0 Å². The highest BCUT2D eigenvalue weighted by Gasteiger charge is 2.52. The zero-order valence-corrected chi connectivity index (χ0v) is 14.9. The molecule has 5 rings (SSSR count). The van der Waals surface area contributed by atoms with Gasteiger partial charge in [0.25, 0.3) is 0 Å². The smallest absolute Gasteiger partial charge is 0.237 e. The monoisotopic (exact) mass is 361 g/mol. The summed E-state index contributed by atoms with van der Waals surface area (Å²) in [7, 11) is 1.85. The van der Waals surface area contributed by atoms with Gasteiger partial charge >= 0.3 is 0 Å². The highest BCUT2D eigenvalue weighted by molar-refractivity contribution is 5.68. The number of ether oxygens (including phenoxy) is 2. The number of aromatic nitrogens is 3. The third-order valence-electron chi connectivity index (χ3n) is 5.18. The van der Waals surface area contributed by atoms with Gasteiger partial charge in [0.1, 0.15) is 11.5 Å². The minimum atomic E-state index is 0.135. The second kappa shape index (κ2) is 5.84. The maximum Gasteiger partial charge on any atom is 0.237 e. The summed E-state index contributed by atoms with van der Waals surface area (Å²) < 4.78 is 11.9. The molecule has 2 aromatic heterocycles. The van der Waals surface area contributed by atoms with Gasteiger partial charge in [0.15, 0.2) is 11.6 Å². The Labute approximate surface area is 156 Å². The second-order valence-corrected chi connectivity index (χ2v) is 6.99. The fourth-order valence-corrected chi connectivity index (χ4v) is 3.52. The van der Waals surface area contributed by atoms with Gasteiger partial charge in [0.2, 0.25) is 5.88 Å². The lowest BCUT2D eigenvalue weighted by Gasteiger charge is -2.18. The average Bonchev–Trinajstić information content (AvgIpc) is 3.37. The predicted molar refractivity (Wildman–Crippen MR) is 102 cm³/mol. The van der Waals surface area contributed by atoms with Crippen molar-refractivity contribution in [1.82, 2.24) is 15.0 Å². The summed E-state index contributed by atoms with van der Waals surface area (Å²) in [6.45, 7) is 0.740. The molecule has 7 heteroatoms. The van der Waals surface area contributed by atoms with Crippen LogP contribution < -0.4 is 20.1 Å². The first kappa shape index (κ1) is 15.9. The van der Waals surface area contributed by atoms with E-state index < -0.39 is 0 Å². The van der Waals surface area contributed by atoms with Gasteiger partial charge in [-0.15, -0.1) is 0 Å². The first-order chi connectivity index (χ1) is 13.2. The summed E-state index contributed by atoms with van der Waals surface area (Å²) in [6.07, 6.45) is 7.23. The molecule has 136 valence electrons. The molecule has 0 radical (unpaired) electrons. The quantitative estimate of drug-likeness (QED) is 0.762. The van der Waals surface area contributed by atoms with E-state index in [-0.39, 0.29) is 5.41 Å². The first-order valence-electron chi connectivity index (χ1n) is 8.87. The van der Waals surface area contributed by atoms with Crippen LogP contribution in [0.15, 0.2) is 48.9 Å². The first-order valence-corrected chi connectivity index (χ1v) is 8.87. The van der Waals surface area contributed by atoms with Crippen molar-refractivity contribution in [2.75, 3.05) is 24.3 Å². The molecule has 1 aliphatic heterocycles. The van der Waals surface area contributed by atoms with Gasteiger partial charge in [-0.05, 0) is 37.1 Å². The third kappa shape index (κ3) is 2.63. The normalized spacial score (nSPS) is 15.9. The van der Waals surface area contributed by atoms with Crippen LogP contribution in [0.5, 0.6) is 17.4 Å². The Morgan fingerprint density at radius 3 is 2.74 bits per heavy atom. The third-order valence-corrected chi connectivity index (χ3v) is 5.18.